The fourth-order valence-electron chi connectivity index (χ4n) is 9.63. The molecule has 2 bridgehead atoms. The average molecular weight is 854 g/mol. The molecule has 3 aromatic carbocycles. The Morgan fingerprint density at radius 1 is 0.952 bits per heavy atom. The summed E-state index contributed by atoms with van der Waals surface area (Å²) in [5.74, 6) is -3.62. The predicted octanol–water partition coefficient (Wildman–Crippen LogP) is 3.19. The van der Waals surface area contributed by atoms with E-state index in [1.54, 1.807) is 32.9 Å². The number of hydrogen-bond donors (Lipinski definition) is 5. The second-order valence-corrected chi connectivity index (χ2v) is 18.1. The van der Waals surface area contributed by atoms with Crippen LogP contribution in [0.5, 0.6) is 5.75 Å². The smallest absolute Gasteiger partial charge is 0.327 e. The number of aromatic hydroxyl groups is 1. The average Bonchev–Trinajstić information content (AvgIpc) is 3.90. The van der Waals surface area contributed by atoms with E-state index in [9.17, 15) is 29.7 Å². The number of amides is 2. The maximum Gasteiger partial charge on any atom is 0.327 e. The van der Waals surface area contributed by atoms with Crippen LogP contribution < -0.4 is 10.6 Å². The lowest BCUT2D eigenvalue weighted by Crippen LogP contribution is -2.71. The van der Waals surface area contributed by atoms with E-state index < -0.39 is 95.8 Å². The minimum atomic E-state index is -1.67. The highest BCUT2D eigenvalue weighted by atomic mass is 16.8. The zero-order valence-corrected chi connectivity index (χ0v) is 35.3. The Hall–Kier alpha value is -5.16. The predicted molar refractivity (Wildman–Crippen MR) is 222 cm³/mol. The molecule has 15 heteroatoms. The first kappa shape index (κ1) is 43.5. The second-order valence-electron chi connectivity index (χ2n) is 18.1. The van der Waals surface area contributed by atoms with Crippen LogP contribution in [0.4, 0.5) is 0 Å². The van der Waals surface area contributed by atoms with E-state index in [-0.39, 0.29) is 31.6 Å². The Kier molecular flexibility index (Phi) is 12.1. The van der Waals surface area contributed by atoms with E-state index in [1.807, 2.05) is 72.8 Å². The fraction of sp³-hybridized carbons (Fsp3) is 0.489. The van der Waals surface area contributed by atoms with Crippen LogP contribution in [-0.2, 0) is 68.8 Å². The number of phenols is 1. The molecule has 3 aliphatic heterocycles. The molecule has 15 nitrogen and oxygen atoms in total. The van der Waals surface area contributed by atoms with Gasteiger partial charge in [-0.3, -0.25) is 24.0 Å². The van der Waals surface area contributed by atoms with Crippen LogP contribution in [0.3, 0.4) is 0 Å². The number of hydroxylamine groups is 2. The molecule has 1 spiro atoms. The lowest BCUT2D eigenvalue weighted by molar-refractivity contribution is -0.217. The summed E-state index contributed by atoms with van der Waals surface area (Å²) in [6.45, 7) is 6.09. The number of benzene rings is 3. The number of esters is 2. The molecule has 0 aromatic heterocycles. The van der Waals surface area contributed by atoms with Crippen molar-refractivity contribution in [1.29, 1.82) is 0 Å². The summed E-state index contributed by atoms with van der Waals surface area (Å²) in [5, 5.41) is 38.3. The number of nitrogens with one attached hydrogen (secondary N) is 2. The maximum atomic E-state index is 15.2. The Bertz CT molecular complexity index is 2200. The highest BCUT2D eigenvalue weighted by Crippen LogP contribution is 2.58. The number of allylic oxidation sites excluding steroid dienone is 1. The van der Waals surface area contributed by atoms with Gasteiger partial charge in [-0.1, -0.05) is 78.9 Å². The molecule has 1 saturated carbocycles. The van der Waals surface area contributed by atoms with Crippen molar-refractivity contribution in [2.24, 2.45) is 5.41 Å². The van der Waals surface area contributed by atoms with Gasteiger partial charge in [0.1, 0.15) is 47.2 Å². The highest BCUT2D eigenvalue weighted by Gasteiger charge is 2.76. The molecular formula is C47H55N3O12. The first-order valence-corrected chi connectivity index (χ1v) is 21.3. The molecule has 9 unspecified atom stereocenters. The van der Waals surface area contributed by atoms with Gasteiger partial charge in [-0.2, -0.15) is 5.06 Å². The number of fused-ring (bicyclic) bond motifs is 5. The summed E-state index contributed by atoms with van der Waals surface area (Å²) in [5.41, 5.74) is 2.10. The maximum absolute atomic E-state index is 15.2. The SMILES string of the molecule is CC(O)C(NC(=O)C12CC3OC(=O)C1N(Cc1ccccc1C=CCc1ccccc1O)OC2C1OC2(Cc4ccccc4C2)OC31)C(=O)NC(CO)CCC(=O)OC(C)(C)C. The summed E-state index contributed by atoms with van der Waals surface area (Å²) < 4.78 is 25.1. The van der Waals surface area contributed by atoms with Crippen LogP contribution in [0.25, 0.3) is 6.08 Å². The molecule has 62 heavy (non-hydrogen) atoms. The standard InChI is InChI=1S/C47H55N3O12/c1-27(52)37(42(55)48-33(26-51)20-21-36(54)59-45(2,3)4)49-44(57)47-24-35-38-39(61-46(60-38)22-30-14-6-7-15-31(30)23-46)41(47)62-50(40(47)43(56)58-35)25-32-16-8-5-12-28(32)17-11-18-29-13-9-10-19-34(29)53/h5-17,19,27,33,35,37-41,51-53H,18,20-26H2,1-4H3,(H,48,55)(H,49,57). The quantitative estimate of drug-likeness (QED) is 0.148. The molecule has 2 amide bonds. The van der Waals surface area contributed by atoms with Gasteiger partial charge in [-0.15, -0.1) is 0 Å². The van der Waals surface area contributed by atoms with Crippen molar-refractivity contribution >= 4 is 29.8 Å². The van der Waals surface area contributed by atoms with Gasteiger partial charge >= 0.3 is 11.9 Å². The topological polar surface area (TPSA) is 202 Å². The van der Waals surface area contributed by atoms with Crippen molar-refractivity contribution in [2.45, 2.75) is 133 Å². The van der Waals surface area contributed by atoms with Gasteiger partial charge in [0.25, 0.3) is 0 Å². The van der Waals surface area contributed by atoms with Crippen LogP contribution in [0.15, 0.2) is 78.9 Å². The van der Waals surface area contributed by atoms with E-state index in [0.29, 0.717) is 19.3 Å². The normalized spacial score (nSPS) is 27.3. The molecule has 330 valence electrons. The molecule has 3 aromatic rings. The number of para-hydroxylation sites is 1. The molecular weight excluding hydrogens is 799 g/mol. The Morgan fingerprint density at radius 3 is 2.29 bits per heavy atom. The van der Waals surface area contributed by atoms with Gasteiger partial charge in [0.05, 0.1) is 25.3 Å². The van der Waals surface area contributed by atoms with Gasteiger partial charge in [0, 0.05) is 25.7 Å². The number of aliphatic hydroxyl groups excluding tert-OH is 2. The van der Waals surface area contributed by atoms with E-state index in [4.69, 9.17) is 23.8 Å². The molecule has 2 aliphatic carbocycles. The van der Waals surface area contributed by atoms with Gasteiger partial charge in [-0.25, -0.2) is 0 Å². The minimum absolute atomic E-state index is 0.0185. The zero-order chi connectivity index (χ0) is 44.0. The van der Waals surface area contributed by atoms with Crippen molar-refractivity contribution in [3.63, 3.8) is 0 Å². The van der Waals surface area contributed by atoms with Crippen molar-refractivity contribution in [1.82, 2.24) is 15.7 Å². The number of aliphatic hydroxyl groups is 2. The lowest BCUT2D eigenvalue weighted by Gasteiger charge is -2.49. The Morgan fingerprint density at radius 2 is 1.61 bits per heavy atom. The third kappa shape index (κ3) is 8.49. The van der Waals surface area contributed by atoms with Crippen molar-refractivity contribution in [3.05, 3.63) is 107 Å². The molecule has 5 aliphatic rings. The van der Waals surface area contributed by atoms with Gasteiger partial charge < -0.3 is 44.9 Å². The fourth-order valence-corrected chi connectivity index (χ4v) is 9.63. The number of phenolic OH excluding ortho intramolecular Hbond substituents is 1. The number of ether oxygens (including phenoxy) is 4. The molecule has 0 radical (unpaired) electrons. The van der Waals surface area contributed by atoms with Gasteiger partial charge in [0.2, 0.25) is 11.8 Å². The second kappa shape index (κ2) is 17.2. The van der Waals surface area contributed by atoms with Crippen molar-refractivity contribution in [2.75, 3.05) is 6.61 Å². The number of nitrogens with zero attached hydrogens (tertiary/aromatic N) is 1. The number of hydrogen-bond acceptors (Lipinski definition) is 13. The largest absolute Gasteiger partial charge is 0.508 e. The number of rotatable bonds is 14. The first-order chi connectivity index (χ1) is 29.6. The lowest BCUT2D eigenvalue weighted by atomic mass is 9.62. The molecule has 8 rings (SSSR count). The highest BCUT2D eigenvalue weighted by molar-refractivity contribution is 5.96. The summed E-state index contributed by atoms with van der Waals surface area (Å²) in [6.07, 6.45) is 0.117. The number of carbonyl (C=O) groups excluding carboxylic acids is 4. The van der Waals surface area contributed by atoms with E-state index in [1.165, 1.54) is 12.0 Å². The van der Waals surface area contributed by atoms with Crippen LogP contribution in [0.2, 0.25) is 0 Å². The van der Waals surface area contributed by atoms with Crippen LogP contribution in [0.1, 0.15) is 74.8 Å². The monoisotopic (exact) mass is 853 g/mol. The summed E-state index contributed by atoms with van der Waals surface area (Å²) in [7, 11) is 0. The van der Waals surface area contributed by atoms with E-state index in [2.05, 4.69) is 10.6 Å². The number of carbonyl (C=O) groups is 4. The van der Waals surface area contributed by atoms with E-state index in [0.717, 1.165) is 27.8 Å². The Labute approximate surface area is 360 Å². The summed E-state index contributed by atoms with van der Waals surface area (Å²) in [6, 6.07) is 18.9. The van der Waals surface area contributed by atoms with E-state index >= 15 is 4.79 Å². The van der Waals surface area contributed by atoms with Crippen LogP contribution in [-0.4, -0.2) is 111 Å². The van der Waals surface area contributed by atoms with Gasteiger partial charge in [0.15, 0.2) is 11.8 Å². The molecule has 9 atom stereocenters. The molecule has 3 saturated heterocycles. The van der Waals surface area contributed by atoms with Crippen molar-refractivity contribution < 1.29 is 58.3 Å². The minimum Gasteiger partial charge on any atom is -0.508 e. The summed E-state index contributed by atoms with van der Waals surface area (Å²) in [4.78, 5) is 62.6. The Balaban J connectivity index is 1.08. The third-order valence-corrected chi connectivity index (χ3v) is 12.5. The molecule has 5 N–H and O–H groups in total. The molecule has 4 fully saturated rings. The molecule has 3 heterocycles. The van der Waals surface area contributed by atoms with Gasteiger partial charge in [-0.05, 0) is 74.4 Å². The third-order valence-electron chi connectivity index (χ3n) is 12.5. The van der Waals surface area contributed by atoms with Crippen molar-refractivity contribution in [3.8, 4) is 5.75 Å². The van der Waals surface area contributed by atoms with Crippen LogP contribution in [0, 0.1) is 5.41 Å². The zero-order valence-electron chi connectivity index (χ0n) is 35.3. The van der Waals surface area contributed by atoms with Crippen LogP contribution >= 0.6 is 0 Å². The summed E-state index contributed by atoms with van der Waals surface area (Å²) >= 11 is 0. The first-order valence-electron chi connectivity index (χ1n) is 21.3.